The van der Waals surface area contributed by atoms with E-state index in [4.69, 9.17) is 9.47 Å². The molecule has 0 aromatic heterocycles. The first-order valence-corrected chi connectivity index (χ1v) is 8.64. The summed E-state index contributed by atoms with van der Waals surface area (Å²) in [5.74, 6) is 1.56. The molecule has 1 aliphatic carbocycles. The Morgan fingerprint density at radius 2 is 1.78 bits per heavy atom. The van der Waals surface area contributed by atoms with Crippen LogP contribution in [-0.2, 0) is 9.53 Å². The number of nitrogens with zero attached hydrogens (tertiary/aromatic N) is 1. The maximum absolute atomic E-state index is 11.8. The first-order valence-electron chi connectivity index (χ1n) is 8.64. The summed E-state index contributed by atoms with van der Waals surface area (Å²) in [5.41, 5.74) is 1.35. The smallest absolute Gasteiger partial charge is 0.308 e. The lowest BCUT2D eigenvalue weighted by molar-refractivity contribution is -0.149. The Balaban J connectivity index is 1.81. The molecule has 0 amide bonds. The van der Waals surface area contributed by atoms with Crippen molar-refractivity contribution in [2.45, 2.75) is 38.5 Å². The number of benzene rings is 1. The molecule has 1 fully saturated rings. The number of ether oxygens (including phenoxy) is 2. The van der Waals surface area contributed by atoms with E-state index in [1.54, 1.807) is 0 Å². The SMILES string of the molecule is CCOC(=O)C1CCC(c2ccc(OCCN(C)C)cc2)CC1. The molecule has 0 unspecified atom stereocenters. The van der Waals surface area contributed by atoms with Crippen molar-refractivity contribution in [2.75, 3.05) is 33.9 Å². The molecule has 0 atom stereocenters. The van der Waals surface area contributed by atoms with Gasteiger partial charge in [0.1, 0.15) is 12.4 Å². The Morgan fingerprint density at radius 1 is 1.13 bits per heavy atom. The highest BCUT2D eigenvalue weighted by molar-refractivity contribution is 5.72. The molecule has 2 rings (SSSR count). The Hall–Kier alpha value is -1.55. The number of hydrogen-bond acceptors (Lipinski definition) is 4. The predicted molar refractivity (Wildman–Crippen MR) is 91.8 cm³/mol. The van der Waals surface area contributed by atoms with Crippen molar-refractivity contribution >= 4 is 5.97 Å². The number of rotatable bonds is 7. The predicted octanol–water partition coefficient (Wildman–Crippen LogP) is 3.46. The van der Waals surface area contributed by atoms with E-state index < -0.39 is 0 Å². The molecule has 0 heterocycles. The maximum Gasteiger partial charge on any atom is 0.308 e. The average molecular weight is 319 g/mol. The molecule has 23 heavy (non-hydrogen) atoms. The van der Waals surface area contributed by atoms with Gasteiger partial charge in [-0.3, -0.25) is 4.79 Å². The molecule has 4 heteroatoms. The standard InChI is InChI=1S/C19H29NO3/c1-4-22-19(21)17-7-5-15(6-8-17)16-9-11-18(12-10-16)23-14-13-20(2)3/h9-12,15,17H,4-8,13-14H2,1-3H3. The summed E-state index contributed by atoms with van der Waals surface area (Å²) in [5, 5.41) is 0. The summed E-state index contributed by atoms with van der Waals surface area (Å²) >= 11 is 0. The van der Waals surface area contributed by atoms with Gasteiger partial charge in [-0.15, -0.1) is 0 Å². The minimum Gasteiger partial charge on any atom is -0.492 e. The average Bonchev–Trinajstić information content (AvgIpc) is 2.55. The minimum absolute atomic E-state index is 0.0180. The van der Waals surface area contributed by atoms with Gasteiger partial charge in [-0.25, -0.2) is 0 Å². The first kappa shape index (κ1) is 17.8. The van der Waals surface area contributed by atoms with Gasteiger partial charge < -0.3 is 14.4 Å². The van der Waals surface area contributed by atoms with Crippen molar-refractivity contribution in [1.29, 1.82) is 0 Å². The molecule has 0 saturated heterocycles. The molecule has 0 bridgehead atoms. The minimum atomic E-state index is -0.0180. The molecular formula is C19H29NO3. The fourth-order valence-corrected chi connectivity index (χ4v) is 3.10. The molecule has 1 aromatic rings. The first-order chi connectivity index (χ1) is 11.1. The molecule has 128 valence electrons. The highest BCUT2D eigenvalue weighted by Gasteiger charge is 2.27. The van der Waals surface area contributed by atoms with Crippen LogP contribution in [0.1, 0.15) is 44.1 Å². The number of carbonyl (C=O) groups excluding carboxylic acids is 1. The van der Waals surface area contributed by atoms with E-state index in [1.165, 1.54) is 5.56 Å². The molecule has 1 saturated carbocycles. The lowest BCUT2D eigenvalue weighted by Crippen LogP contribution is -2.23. The Labute approximate surface area is 139 Å². The lowest BCUT2D eigenvalue weighted by atomic mass is 9.79. The Bertz CT molecular complexity index is 476. The van der Waals surface area contributed by atoms with Gasteiger partial charge in [0.2, 0.25) is 0 Å². The van der Waals surface area contributed by atoms with Crippen molar-refractivity contribution in [3.8, 4) is 5.75 Å². The number of carbonyl (C=O) groups is 1. The molecule has 1 aliphatic rings. The summed E-state index contributed by atoms with van der Waals surface area (Å²) in [6.45, 7) is 3.97. The zero-order valence-corrected chi connectivity index (χ0v) is 14.6. The van der Waals surface area contributed by atoms with Crippen LogP contribution in [0.2, 0.25) is 0 Å². The summed E-state index contributed by atoms with van der Waals surface area (Å²) in [4.78, 5) is 13.9. The van der Waals surface area contributed by atoms with E-state index in [0.717, 1.165) is 38.0 Å². The molecule has 4 nitrogen and oxygen atoms in total. The van der Waals surface area contributed by atoms with Crippen molar-refractivity contribution in [3.63, 3.8) is 0 Å². The molecule has 0 radical (unpaired) electrons. The second-order valence-electron chi connectivity index (χ2n) is 6.52. The third kappa shape index (κ3) is 5.54. The lowest BCUT2D eigenvalue weighted by Gasteiger charge is -2.27. The van der Waals surface area contributed by atoms with Crippen LogP contribution < -0.4 is 4.74 Å². The largest absolute Gasteiger partial charge is 0.492 e. The van der Waals surface area contributed by atoms with Crippen molar-refractivity contribution < 1.29 is 14.3 Å². The van der Waals surface area contributed by atoms with Gasteiger partial charge in [-0.1, -0.05) is 12.1 Å². The van der Waals surface area contributed by atoms with E-state index in [-0.39, 0.29) is 11.9 Å². The summed E-state index contributed by atoms with van der Waals surface area (Å²) in [6, 6.07) is 8.45. The van der Waals surface area contributed by atoms with E-state index in [2.05, 4.69) is 29.2 Å². The second kappa shape index (κ2) is 8.92. The molecule has 1 aromatic carbocycles. The van der Waals surface area contributed by atoms with Crippen LogP contribution in [0.5, 0.6) is 5.75 Å². The topological polar surface area (TPSA) is 38.8 Å². The van der Waals surface area contributed by atoms with Crippen molar-refractivity contribution in [1.82, 2.24) is 4.90 Å². The molecule has 0 spiro atoms. The molecular weight excluding hydrogens is 290 g/mol. The van der Waals surface area contributed by atoms with Crippen molar-refractivity contribution in [3.05, 3.63) is 29.8 Å². The highest BCUT2D eigenvalue weighted by Crippen LogP contribution is 2.36. The third-order valence-electron chi connectivity index (χ3n) is 4.51. The van der Waals surface area contributed by atoms with E-state index in [9.17, 15) is 4.79 Å². The third-order valence-corrected chi connectivity index (χ3v) is 4.51. The zero-order valence-electron chi connectivity index (χ0n) is 14.6. The monoisotopic (exact) mass is 319 g/mol. The maximum atomic E-state index is 11.8. The summed E-state index contributed by atoms with van der Waals surface area (Å²) in [6.07, 6.45) is 3.99. The second-order valence-corrected chi connectivity index (χ2v) is 6.52. The number of likely N-dealkylation sites (N-methyl/N-ethyl adjacent to an activating group) is 1. The van der Waals surface area contributed by atoms with Gasteiger partial charge in [-0.2, -0.15) is 0 Å². The van der Waals surface area contributed by atoms with Crippen LogP contribution in [-0.4, -0.2) is 44.7 Å². The normalized spacial score (nSPS) is 21.2. The quantitative estimate of drug-likeness (QED) is 0.722. The summed E-state index contributed by atoms with van der Waals surface area (Å²) in [7, 11) is 4.08. The van der Waals surface area contributed by atoms with Crippen LogP contribution in [0.15, 0.2) is 24.3 Å². The molecule has 0 N–H and O–H groups in total. The Morgan fingerprint density at radius 3 is 2.35 bits per heavy atom. The van der Waals surface area contributed by atoms with Gasteiger partial charge in [-0.05, 0) is 70.3 Å². The van der Waals surface area contributed by atoms with E-state index >= 15 is 0 Å². The number of esters is 1. The van der Waals surface area contributed by atoms with Crippen molar-refractivity contribution in [2.24, 2.45) is 5.92 Å². The summed E-state index contributed by atoms with van der Waals surface area (Å²) < 4.78 is 10.9. The van der Waals surface area contributed by atoms with Gasteiger partial charge in [0.05, 0.1) is 12.5 Å². The van der Waals surface area contributed by atoms with E-state index in [1.807, 2.05) is 21.0 Å². The fraction of sp³-hybridized carbons (Fsp3) is 0.632. The number of hydrogen-bond donors (Lipinski definition) is 0. The zero-order chi connectivity index (χ0) is 16.7. The van der Waals surface area contributed by atoms with Crippen LogP contribution in [0.25, 0.3) is 0 Å². The van der Waals surface area contributed by atoms with Gasteiger partial charge >= 0.3 is 5.97 Å². The molecule has 0 aliphatic heterocycles. The van der Waals surface area contributed by atoms with Crippen LogP contribution in [0.4, 0.5) is 0 Å². The fourth-order valence-electron chi connectivity index (χ4n) is 3.10. The van der Waals surface area contributed by atoms with Gasteiger partial charge in [0.15, 0.2) is 0 Å². The Kier molecular flexibility index (Phi) is 6.90. The highest BCUT2D eigenvalue weighted by atomic mass is 16.5. The van der Waals surface area contributed by atoms with Crippen LogP contribution >= 0.6 is 0 Å². The van der Waals surface area contributed by atoms with Gasteiger partial charge in [0.25, 0.3) is 0 Å². The van der Waals surface area contributed by atoms with Crippen LogP contribution in [0.3, 0.4) is 0 Å². The van der Waals surface area contributed by atoms with Crippen LogP contribution in [0, 0.1) is 5.92 Å². The van der Waals surface area contributed by atoms with E-state index in [0.29, 0.717) is 19.1 Å². The van der Waals surface area contributed by atoms with Gasteiger partial charge in [0, 0.05) is 6.54 Å².